The van der Waals surface area contributed by atoms with Crippen molar-refractivity contribution in [2.75, 3.05) is 7.11 Å². The number of halogens is 1. The summed E-state index contributed by atoms with van der Waals surface area (Å²) in [5.74, 6) is 0. The minimum atomic E-state index is -3.51. The van der Waals surface area contributed by atoms with Crippen molar-refractivity contribution in [3.05, 3.63) is 28.2 Å². The smallest absolute Gasteiger partial charge is 0.241 e. The Labute approximate surface area is 129 Å². The molecule has 0 spiro atoms. The van der Waals surface area contributed by atoms with Gasteiger partial charge in [0.05, 0.1) is 11.0 Å². The van der Waals surface area contributed by atoms with E-state index in [1.807, 2.05) is 19.9 Å². The monoisotopic (exact) mass is 361 g/mol. The number of hydrogen-bond donors (Lipinski definition) is 1. The van der Waals surface area contributed by atoms with E-state index in [1.54, 1.807) is 26.2 Å². The Kier molecular flexibility index (Phi) is 4.31. The first-order valence-electron chi connectivity index (χ1n) is 6.50. The van der Waals surface area contributed by atoms with Crippen molar-refractivity contribution in [3.8, 4) is 0 Å². The van der Waals surface area contributed by atoms with Gasteiger partial charge in [0.1, 0.15) is 0 Å². The van der Waals surface area contributed by atoms with Crippen LogP contribution in [0.4, 0.5) is 0 Å². The fourth-order valence-corrected chi connectivity index (χ4v) is 4.79. The Morgan fingerprint density at radius 1 is 1.40 bits per heavy atom. The van der Waals surface area contributed by atoms with Crippen LogP contribution in [-0.2, 0) is 14.8 Å². The Morgan fingerprint density at radius 3 is 2.60 bits per heavy atom. The first kappa shape index (κ1) is 15.9. The normalized spacial score (nSPS) is 25.2. The van der Waals surface area contributed by atoms with E-state index in [0.29, 0.717) is 11.3 Å². The summed E-state index contributed by atoms with van der Waals surface area (Å²) in [6, 6.07) is 5.17. The molecular weight excluding hydrogens is 342 g/mol. The van der Waals surface area contributed by atoms with Crippen LogP contribution in [0.2, 0.25) is 0 Å². The number of sulfonamides is 1. The second-order valence-corrected chi connectivity index (χ2v) is 8.46. The quantitative estimate of drug-likeness (QED) is 0.896. The zero-order chi connectivity index (χ0) is 15.1. The van der Waals surface area contributed by atoms with Crippen molar-refractivity contribution in [3.63, 3.8) is 0 Å². The van der Waals surface area contributed by atoms with Crippen molar-refractivity contribution in [2.45, 2.75) is 44.2 Å². The van der Waals surface area contributed by atoms with E-state index in [2.05, 4.69) is 20.7 Å². The molecule has 1 aliphatic rings. The fraction of sp³-hybridized carbons (Fsp3) is 0.571. The van der Waals surface area contributed by atoms with Crippen molar-refractivity contribution >= 4 is 26.0 Å². The summed E-state index contributed by atoms with van der Waals surface area (Å²) in [5, 5.41) is 0. The second-order valence-electron chi connectivity index (χ2n) is 5.87. The third kappa shape index (κ3) is 2.79. The number of ether oxygens (including phenoxy) is 1. The van der Waals surface area contributed by atoms with Gasteiger partial charge in [-0.15, -0.1) is 0 Å². The highest BCUT2D eigenvalue weighted by atomic mass is 79.9. The number of methoxy groups -OCH3 is 1. The van der Waals surface area contributed by atoms with Crippen LogP contribution in [0.15, 0.2) is 27.6 Å². The van der Waals surface area contributed by atoms with E-state index < -0.39 is 10.0 Å². The van der Waals surface area contributed by atoms with Gasteiger partial charge in [-0.25, -0.2) is 13.1 Å². The molecule has 0 amide bonds. The Bertz CT molecular complexity index is 613. The maximum atomic E-state index is 12.5. The topological polar surface area (TPSA) is 55.4 Å². The highest BCUT2D eigenvalue weighted by molar-refractivity contribution is 9.10. The lowest BCUT2D eigenvalue weighted by molar-refractivity contribution is -0.0908. The lowest BCUT2D eigenvalue weighted by atomic mass is 9.65. The molecule has 2 unspecified atom stereocenters. The van der Waals surface area contributed by atoms with Crippen LogP contribution in [0.1, 0.15) is 25.8 Å². The van der Waals surface area contributed by atoms with E-state index >= 15 is 0 Å². The zero-order valence-corrected chi connectivity index (χ0v) is 14.5. The van der Waals surface area contributed by atoms with Crippen molar-refractivity contribution in [2.24, 2.45) is 5.41 Å². The number of nitrogens with one attached hydrogen (secondary N) is 1. The number of aryl methyl sites for hydroxylation is 1. The van der Waals surface area contributed by atoms with Crippen molar-refractivity contribution < 1.29 is 13.2 Å². The molecule has 1 N–H and O–H groups in total. The maximum absolute atomic E-state index is 12.5. The van der Waals surface area contributed by atoms with Crippen molar-refractivity contribution in [1.29, 1.82) is 0 Å². The molecule has 0 saturated heterocycles. The second kappa shape index (κ2) is 5.40. The lowest BCUT2D eigenvalue weighted by Gasteiger charge is -2.51. The molecule has 0 bridgehead atoms. The average molecular weight is 362 g/mol. The summed E-state index contributed by atoms with van der Waals surface area (Å²) in [5.41, 5.74) is 0.544. The first-order valence-corrected chi connectivity index (χ1v) is 8.77. The van der Waals surface area contributed by atoms with Crippen LogP contribution >= 0.6 is 15.9 Å². The lowest BCUT2D eigenvalue weighted by Crippen LogP contribution is -2.61. The highest BCUT2D eigenvalue weighted by Crippen LogP contribution is 2.43. The summed E-state index contributed by atoms with van der Waals surface area (Å²) >= 11 is 3.32. The summed E-state index contributed by atoms with van der Waals surface area (Å²) in [7, 11) is -1.85. The Balaban J connectivity index is 2.23. The van der Waals surface area contributed by atoms with Crippen molar-refractivity contribution in [1.82, 2.24) is 4.72 Å². The molecular formula is C14H20BrNO3S. The molecule has 4 nitrogen and oxygen atoms in total. The van der Waals surface area contributed by atoms with E-state index in [0.717, 1.165) is 10.0 Å². The molecule has 0 aromatic heterocycles. The predicted molar refractivity (Wildman–Crippen MR) is 82.2 cm³/mol. The van der Waals surface area contributed by atoms with Crippen LogP contribution in [0.25, 0.3) is 0 Å². The van der Waals surface area contributed by atoms with Crippen LogP contribution in [-0.4, -0.2) is 27.7 Å². The number of hydrogen-bond acceptors (Lipinski definition) is 3. The molecule has 2 atom stereocenters. The minimum Gasteiger partial charge on any atom is -0.381 e. The minimum absolute atomic E-state index is 0.0961. The van der Waals surface area contributed by atoms with Crippen LogP contribution in [0.3, 0.4) is 0 Å². The van der Waals surface area contributed by atoms with E-state index in [1.165, 1.54) is 0 Å². The largest absolute Gasteiger partial charge is 0.381 e. The Hall–Kier alpha value is -0.430. The molecule has 112 valence electrons. The third-order valence-electron chi connectivity index (χ3n) is 4.20. The van der Waals surface area contributed by atoms with Gasteiger partial charge < -0.3 is 4.74 Å². The van der Waals surface area contributed by atoms with Crippen LogP contribution < -0.4 is 4.72 Å². The maximum Gasteiger partial charge on any atom is 0.241 e. The molecule has 2 rings (SSSR count). The molecule has 0 heterocycles. The molecule has 1 aromatic carbocycles. The molecule has 1 fully saturated rings. The van der Waals surface area contributed by atoms with Gasteiger partial charge in [0.2, 0.25) is 10.0 Å². The Morgan fingerprint density at radius 2 is 2.05 bits per heavy atom. The third-order valence-corrected chi connectivity index (χ3v) is 6.31. The predicted octanol–water partition coefficient (Wildman–Crippen LogP) is 2.85. The van der Waals surface area contributed by atoms with Gasteiger partial charge >= 0.3 is 0 Å². The van der Waals surface area contributed by atoms with E-state index in [-0.39, 0.29) is 17.6 Å². The van der Waals surface area contributed by atoms with Crippen LogP contribution in [0.5, 0.6) is 0 Å². The molecule has 1 aromatic rings. The van der Waals surface area contributed by atoms with Crippen LogP contribution in [0, 0.1) is 12.3 Å². The van der Waals surface area contributed by atoms with E-state index in [4.69, 9.17) is 4.74 Å². The molecule has 20 heavy (non-hydrogen) atoms. The van der Waals surface area contributed by atoms with Gasteiger partial charge in [-0.05, 0) is 31.0 Å². The average Bonchev–Trinajstić information content (AvgIpc) is 2.36. The standard InChI is InChI=1S/C14H20BrNO3S/c1-9-5-6-10(15)7-11(9)20(17,18)16-12-8-13(19-4)14(12,2)3/h5-7,12-13,16H,8H2,1-4H3. The fourth-order valence-electron chi connectivity index (χ4n) is 2.60. The van der Waals surface area contributed by atoms with Gasteiger partial charge in [-0.2, -0.15) is 0 Å². The molecule has 1 saturated carbocycles. The van der Waals surface area contributed by atoms with Gasteiger partial charge in [0.25, 0.3) is 0 Å². The number of rotatable bonds is 4. The summed E-state index contributed by atoms with van der Waals surface area (Å²) < 4.78 is 33.9. The summed E-state index contributed by atoms with van der Waals surface area (Å²) in [6.45, 7) is 5.84. The molecule has 1 aliphatic carbocycles. The van der Waals surface area contributed by atoms with Gasteiger partial charge in [0.15, 0.2) is 0 Å². The van der Waals surface area contributed by atoms with Gasteiger partial charge in [-0.3, -0.25) is 0 Å². The molecule has 0 radical (unpaired) electrons. The zero-order valence-electron chi connectivity index (χ0n) is 12.1. The van der Waals surface area contributed by atoms with Gasteiger partial charge in [0, 0.05) is 23.0 Å². The molecule has 0 aliphatic heterocycles. The first-order chi connectivity index (χ1) is 9.18. The van der Waals surface area contributed by atoms with E-state index in [9.17, 15) is 8.42 Å². The highest BCUT2D eigenvalue weighted by Gasteiger charge is 2.50. The molecule has 6 heteroatoms. The summed E-state index contributed by atoms with van der Waals surface area (Å²) in [4.78, 5) is 0.323. The number of benzene rings is 1. The van der Waals surface area contributed by atoms with Gasteiger partial charge in [-0.1, -0.05) is 35.8 Å². The summed E-state index contributed by atoms with van der Waals surface area (Å²) in [6.07, 6.45) is 0.800. The SMILES string of the molecule is COC1CC(NS(=O)(=O)c2cc(Br)ccc2C)C1(C)C.